The van der Waals surface area contributed by atoms with Crippen molar-refractivity contribution < 1.29 is 9.53 Å². The van der Waals surface area contributed by atoms with E-state index in [0.29, 0.717) is 35.0 Å². The van der Waals surface area contributed by atoms with Crippen LogP contribution in [0.15, 0.2) is 79.1 Å². The van der Waals surface area contributed by atoms with E-state index in [1.807, 2.05) is 24.3 Å². The number of amides is 2. The summed E-state index contributed by atoms with van der Waals surface area (Å²) in [5.74, 6) is 1.52. The molecule has 41 heavy (non-hydrogen) atoms. The predicted octanol–water partition coefficient (Wildman–Crippen LogP) is 5.20. The van der Waals surface area contributed by atoms with E-state index in [9.17, 15) is 4.79 Å². The number of nitrogens with one attached hydrogen (secondary N) is 3. The molecule has 2 amide bonds. The van der Waals surface area contributed by atoms with Crippen LogP contribution in [-0.2, 0) is 6.42 Å². The number of aromatic nitrogens is 3. The first-order chi connectivity index (χ1) is 20.0. The maximum atomic E-state index is 12.6. The molecular weight excluding hydrogens is 516 g/mol. The molecule has 5 rings (SSSR count). The number of likely N-dealkylation sites (N-methyl/N-ethyl adjacent to an activating group) is 1. The number of hydrogen-bond acceptors (Lipinski definition) is 8. The summed E-state index contributed by atoms with van der Waals surface area (Å²) in [6.45, 7) is 6.65. The molecule has 2 aromatic heterocycles. The number of piperazine rings is 1. The number of urea groups is 1. The van der Waals surface area contributed by atoms with Crippen LogP contribution in [0.25, 0.3) is 11.3 Å². The standard InChI is InChI=1S/C31H36N8O2/c1-22-21-39(20-19-38(22)3)18-15-23-6-8-24(9-7-23)35-31(40)36-25-10-12-26(13-11-25)41-29-27(5-4-16-33-29)28-14-17-34-30(32-2)37-28/h4-14,16-17,22H,15,18-21H2,1-3H3,(H,32,34,37)(H2,35,36,40). The first kappa shape index (κ1) is 28.0. The Morgan fingerprint density at radius 2 is 1.68 bits per heavy atom. The Balaban J connectivity index is 1.12. The van der Waals surface area contributed by atoms with Gasteiger partial charge < -0.3 is 30.5 Å². The average Bonchev–Trinajstić information content (AvgIpc) is 3.00. The quantitative estimate of drug-likeness (QED) is 0.260. The normalized spacial score (nSPS) is 15.7. The van der Waals surface area contributed by atoms with Crippen LogP contribution >= 0.6 is 0 Å². The van der Waals surface area contributed by atoms with Crippen molar-refractivity contribution in [3.05, 3.63) is 84.7 Å². The van der Waals surface area contributed by atoms with Gasteiger partial charge in [0.2, 0.25) is 11.8 Å². The van der Waals surface area contributed by atoms with Crippen molar-refractivity contribution in [2.45, 2.75) is 19.4 Å². The van der Waals surface area contributed by atoms with E-state index in [1.165, 1.54) is 5.56 Å². The number of ether oxygens (including phenoxy) is 1. The number of pyridine rings is 1. The van der Waals surface area contributed by atoms with E-state index in [-0.39, 0.29) is 6.03 Å². The fraction of sp³-hybridized carbons (Fsp3) is 0.290. The first-order valence-electron chi connectivity index (χ1n) is 13.8. The van der Waals surface area contributed by atoms with Crippen LogP contribution in [0.4, 0.5) is 22.1 Å². The highest BCUT2D eigenvalue weighted by Crippen LogP contribution is 2.31. The summed E-state index contributed by atoms with van der Waals surface area (Å²) in [6.07, 6.45) is 4.34. The topological polar surface area (TPSA) is 108 Å². The molecule has 1 fully saturated rings. The molecule has 1 aliphatic heterocycles. The molecule has 2 aromatic carbocycles. The first-order valence-corrected chi connectivity index (χ1v) is 13.8. The number of hydrogen-bond donors (Lipinski definition) is 3. The third-order valence-electron chi connectivity index (χ3n) is 7.23. The lowest BCUT2D eigenvalue weighted by atomic mass is 10.1. The van der Waals surface area contributed by atoms with Crippen LogP contribution in [0.1, 0.15) is 12.5 Å². The molecule has 0 aliphatic carbocycles. The van der Waals surface area contributed by atoms with Gasteiger partial charge >= 0.3 is 6.03 Å². The second-order valence-corrected chi connectivity index (χ2v) is 10.2. The Bertz CT molecular complexity index is 1450. The van der Waals surface area contributed by atoms with Gasteiger partial charge in [0.1, 0.15) is 5.75 Å². The van der Waals surface area contributed by atoms with Crippen LogP contribution in [0.2, 0.25) is 0 Å². The van der Waals surface area contributed by atoms with E-state index < -0.39 is 0 Å². The van der Waals surface area contributed by atoms with Gasteiger partial charge in [-0.25, -0.2) is 19.7 Å². The zero-order valence-corrected chi connectivity index (χ0v) is 23.7. The molecule has 0 spiro atoms. The highest BCUT2D eigenvalue weighted by Gasteiger charge is 2.20. The molecule has 3 N–H and O–H groups in total. The lowest BCUT2D eigenvalue weighted by Gasteiger charge is -2.37. The van der Waals surface area contributed by atoms with Gasteiger partial charge in [-0.05, 0) is 80.6 Å². The lowest BCUT2D eigenvalue weighted by molar-refractivity contribution is 0.106. The molecule has 3 heterocycles. The van der Waals surface area contributed by atoms with Crippen molar-refractivity contribution in [3.63, 3.8) is 0 Å². The van der Waals surface area contributed by atoms with E-state index in [2.05, 4.69) is 66.8 Å². The minimum Gasteiger partial charge on any atom is -0.438 e. The van der Waals surface area contributed by atoms with Gasteiger partial charge in [0.15, 0.2) is 0 Å². The molecule has 1 atom stereocenters. The minimum absolute atomic E-state index is 0.311. The number of carbonyl (C=O) groups excluding carboxylic acids is 1. The Morgan fingerprint density at radius 1 is 0.951 bits per heavy atom. The molecular formula is C31H36N8O2. The summed E-state index contributed by atoms with van der Waals surface area (Å²) in [5, 5.41) is 8.70. The zero-order valence-electron chi connectivity index (χ0n) is 23.7. The number of carbonyl (C=O) groups is 1. The minimum atomic E-state index is -0.311. The summed E-state index contributed by atoms with van der Waals surface area (Å²) in [5.41, 5.74) is 4.08. The Labute approximate surface area is 240 Å². The summed E-state index contributed by atoms with van der Waals surface area (Å²) >= 11 is 0. The number of anilines is 3. The van der Waals surface area contributed by atoms with E-state index >= 15 is 0 Å². The van der Waals surface area contributed by atoms with Crippen molar-refractivity contribution in [2.75, 3.05) is 56.2 Å². The van der Waals surface area contributed by atoms with Gasteiger partial charge in [0.05, 0.1) is 11.3 Å². The van der Waals surface area contributed by atoms with Gasteiger partial charge in [-0.2, -0.15) is 0 Å². The summed E-state index contributed by atoms with van der Waals surface area (Å²) in [6, 6.07) is 21.0. The van der Waals surface area contributed by atoms with Crippen molar-refractivity contribution in [2.24, 2.45) is 0 Å². The van der Waals surface area contributed by atoms with Gasteiger partial charge in [-0.15, -0.1) is 0 Å². The summed E-state index contributed by atoms with van der Waals surface area (Å²) in [4.78, 5) is 30.6. The molecule has 0 saturated carbocycles. The summed E-state index contributed by atoms with van der Waals surface area (Å²) < 4.78 is 6.05. The third-order valence-corrected chi connectivity index (χ3v) is 7.23. The molecule has 10 nitrogen and oxygen atoms in total. The average molecular weight is 553 g/mol. The second kappa shape index (κ2) is 13.2. The van der Waals surface area contributed by atoms with Gasteiger partial charge in [-0.3, -0.25) is 0 Å². The Hall–Kier alpha value is -4.54. The van der Waals surface area contributed by atoms with Gasteiger partial charge in [-0.1, -0.05) is 12.1 Å². The van der Waals surface area contributed by atoms with Crippen molar-refractivity contribution in [1.82, 2.24) is 24.8 Å². The Kier molecular flexibility index (Phi) is 9.02. The van der Waals surface area contributed by atoms with E-state index in [0.717, 1.165) is 43.9 Å². The smallest absolute Gasteiger partial charge is 0.323 e. The van der Waals surface area contributed by atoms with E-state index in [4.69, 9.17) is 4.74 Å². The van der Waals surface area contributed by atoms with Crippen LogP contribution < -0.4 is 20.7 Å². The molecule has 0 radical (unpaired) electrons. The highest BCUT2D eigenvalue weighted by atomic mass is 16.5. The molecule has 10 heteroatoms. The second-order valence-electron chi connectivity index (χ2n) is 10.2. The predicted molar refractivity (Wildman–Crippen MR) is 163 cm³/mol. The molecule has 1 aliphatic rings. The van der Waals surface area contributed by atoms with E-state index in [1.54, 1.807) is 49.8 Å². The van der Waals surface area contributed by atoms with Crippen LogP contribution in [0.3, 0.4) is 0 Å². The monoisotopic (exact) mass is 552 g/mol. The maximum Gasteiger partial charge on any atom is 0.323 e. The number of rotatable bonds is 9. The van der Waals surface area contributed by atoms with Gasteiger partial charge in [0.25, 0.3) is 0 Å². The fourth-order valence-electron chi connectivity index (χ4n) is 4.68. The zero-order chi connectivity index (χ0) is 28.6. The maximum absolute atomic E-state index is 12.6. The fourth-order valence-corrected chi connectivity index (χ4v) is 4.68. The van der Waals surface area contributed by atoms with Crippen molar-refractivity contribution >= 4 is 23.4 Å². The summed E-state index contributed by atoms with van der Waals surface area (Å²) in [7, 11) is 3.96. The SMILES string of the molecule is CNc1nccc(-c2cccnc2Oc2ccc(NC(=O)Nc3ccc(CCN4CCN(C)C(C)C4)cc3)cc2)n1. The Morgan fingerprint density at radius 3 is 2.39 bits per heavy atom. The third kappa shape index (κ3) is 7.56. The number of benzene rings is 2. The number of nitrogens with zero attached hydrogens (tertiary/aromatic N) is 5. The van der Waals surface area contributed by atoms with Crippen LogP contribution in [0, 0.1) is 0 Å². The lowest BCUT2D eigenvalue weighted by Crippen LogP contribution is -2.50. The molecule has 1 unspecified atom stereocenters. The van der Waals surface area contributed by atoms with Crippen LogP contribution in [0.5, 0.6) is 11.6 Å². The van der Waals surface area contributed by atoms with Crippen molar-refractivity contribution in [1.29, 1.82) is 0 Å². The molecule has 1 saturated heterocycles. The highest BCUT2D eigenvalue weighted by molar-refractivity contribution is 5.99. The van der Waals surface area contributed by atoms with Crippen molar-refractivity contribution in [3.8, 4) is 22.9 Å². The molecule has 0 bridgehead atoms. The molecule has 212 valence electrons. The van der Waals surface area contributed by atoms with Crippen LogP contribution in [-0.4, -0.2) is 77.1 Å². The van der Waals surface area contributed by atoms with Gasteiger partial charge in [0, 0.05) is 63.0 Å². The molecule has 4 aromatic rings. The largest absolute Gasteiger partial charge is 0.438 e.